The molecule has 0 aliphatic carbocycles. The number of aromatic amines is 1. The van der Waals surface area contributed by atoms with E-state index < -0.39 is 0 Å². The highest BCUT2D eigenvalue weighted by molar-refractivity contribution is 7.71. The molecule has 140 valence electrons. The molecule has 0 atom stereocenters. The van der Waals surface area contributed by atoms with E-state index in [2.05, 4.69) is 10.2 Å². The summed E-state index contributed by atoms with van der Waals surface area (Å²) in [6, 6.07) is 7.84. The lowest BCUT2D eigenvalue weighted by Gasteiger charge is -2.23. The summed E-state index contributed by atoms with van der Waals surface area (Å²) in [6.07, 6.45) is 0. The van der Waals surface area contributed by atoms with Gasteiger partial charge in [-0.3, -0.25) is 19.3 Å². The van der Waals surface area contributed by atoms with Crippen LogP contribution in [0.15, 0.2) is 24.3 Å². The maximum Gasteiger partial charge on any atom is 0.242 e. The number of rotatable bonds is 7. The van der Waals surface area contributed by atoms with E-state index >= 15 is 0 Å². The van der Waals surface area contributed by atoms with E-state index in [9.17, 15) is 9.59 Å². The van der Waals surface area contributed by atoms with Crippen molar-refractivity contribution in [2.45, 2.75) is 27.3 Å². The molecule has 7 nitrogen and oxygen atoms in total. The first-order valence-electron chi connectivity index (χ1n) is 8.61. The predicted octanol–water partition coefficient (Wildman–Crippen LogP) is 2.24. The monoisotopic (exact) mass is 375 g/mol. The first-order chi connectivity index (χ1) is 12.4. The smallest absolute Gasteiger partial charge is 0.242 e. The lowest BCUT2D eigenvalue weighted by Crippen LogP contribution is -2.42. The highest BCUT2D eigenvalue weighted by atomic mass is 32.1. The normalized spacial score (nSPS) is 10.6. The Hall–Kier alpha value is -2.48. The van der Waals surface area contributed by atoms with Gasteiger partial charge in [0, 0.05) is 25.7 Å². The molecule has 0 aliphatic rings. The Kier molecular flexibility index (Phi) is 6.68. The van der Waals surface area contributed by atoms with Gasteiger partial charge in [-0.2, -0.15) is 5.10 Å². The van der Waals surface area contributed by atoms with Gasteiger partial charge in [0.2, 0.25) is 11.8 Å². The number of hydrogen-bond donors (Lipinski definition) is 1. The zero-order valence-corrected chi connectivity index (χ0v) is 16.5. The second-order valence-electron chi connectivity index (χ2n) is 6.12. The van der Waals surface area contributed by atoms with Gasteiger partial charge in [0.1, 0.15) is 6.54 Å². The first-order valence-corrected chi connectivity index (χ1v) is 9.02. The lowest BCUT2D eigenvalue weighted by molar-refractivity contribution is -0.139. The van der Waals surface area contributed by atoms with Crippen LogP contribution in [0.2, 0.25) is 0 Å². The standard InChI is InChI=1S/C18H25N5O2S/c1-5-22(6-2)16(25)11-21(4)15(24)12-23-17(19-20-18(23)26)14-9-7-13(3)8-10-14/h7-10H,5-6,11-12H2,1-4H3,(H,20,26). The largest absolute Gasteiger partial charge is 0.342 e. The number of carbonyl (C=O) groups is 2. The quantitative estimate of drug-likeness (QED) is 0.753. The minimum atomic E-state index is -0.198. The minimum absolute atomic E-state index is 0.0283. The molecule has 8 heteroatoms. The van der Waals surface area contributed by atoms with E-state index in [4.69, 9.17) is 12.2 Å². The lowest BCUT2D eigenvalue weighted by atomic mass is 10.1. The maximum atomic E-state index is 12.6. The molecule has 0 radical (unpaired) electrons. The highest BCUT2D eigenvalue weighted by Gasteiger charge is 2.19. The van der Waals surface area contributed by atoms with Crippen molar-refractivity contribution in [3.8, 4) is 11.4 Å². The summed E-state index contributed by atoms with van der Waals surface area (Å²) in [4.78, 5) is 27.9. The Balaban J connectivity index is 2.14. The molecule has 0 aliphatic heterocycles. The number of aryl methyl sites for hydroxylation is 1. The third-order valence-electron chi connectivity index (χ3n) is 4.28. The molecule has 0 fully saturated rings. The fourth-order valence-corrected chi connectivity index (χ4v) is 2.81. The van der Waals surface area contributed by atoms with Crippen LogP contribution in [0.5, 0.6) is 0 Å². The number of H-pyrrole nitrogens is 1. The summed E-state index contributed by atoms with van der Waals surface area (Å²) < 4.78 is 2.03. The van der Waals surface area contributed by atoms with Crippen LogP contribution in [0.3, 0.4) is 0 Å². The van der Waals surface area contributed by atoms with Crippen molar-refractivity contribution in [3.05, 3.63) is 34.6 Å². The topological polar surface area (TPSA) is 74.2 Å². The van der Waals surface area contributed by atoms with E-state index in [1.807, 2.05) is 45.0 Å². The van der Waals surface area contributed by atoms with Crippen LogP contribution < -0.4 is 0 Å². The summed E-state index contributed by atoms with van der Waals surface area (Å²) in [5.41, 5.74) is 2.01. The van der Waals surface area contributed by atoms with Crippen molar-refractivity contribution < 1.29 is 9.59 Å². The van der Waals surface area contributed by atoms with E-state index in [-0.39, 0.29) is 24.9 Å². The van der Waals surface area contributed by atoms with Crippen LogP contribution in [0.4, 0.5) is 0 Å². The third-order valence-corrected chi connectivity index (χ3v) is 4.59. The Bertz CT molecular complexity index is 821. The molecule has 1 aromatic carbocycles. The molecule has 2 rings (SSSR count). The second kappa shape index (κ2) is 8.75. The fourth-order valence-electron chi connectivity index (χ4n) is 2.61. The highest BCUT2D eigenvalue weighted by Crippen LogP contribution is 2.18. The van der Waals surface area contributed by atoms with Crippen LogP contribution >= 0.6 is 12.2 Å². The molecule has 2 amide bonds. The van der Waals surface area contributed by atoms with Crippen LogP contribution in [0.1, 0.15) is 19.4 Å². The molecule has 26 heavy (non-hydrogen) atoms. The van der Waals surface area contributed by atoms with Gasteiger partial charge in [0.25, 0.3) is 0 Å². The number of hydrogen-bond acceptors (Lipinski definition) is 4. The third kappa shape index (κ3) is 4.57. The molecule has 0 unspecified atom stereocenters. The van der Waals surface area contributed by atoms with Crippen LogP contribution in [0.25, 0.3) is 11.4 Å². The van der Waals surface area contributed by atoms with Crippen LogP contribution in [-0.2, 0) is 16.1 Å². The van der Waals surface area contributed by atoms with Crippen molar-refractivity contribution in [1.29, 1.82) is 0 Å². The second-order valence-corrected chi connectivity index (χ2v) is 6.51. The first kappa shape index (κ1) is 19.8. The van der Waals surface area contributed by atoms with E-state index in [0.717, 1.165) is 11.1 Å². The van der Waals surface area contributed by atoms with Gasteiger partial charge in [-0.25, -0.2) is 0 Å². The molecule has 1 aromatic heterocycles. The van der Waals surface area contributed by atoms with Crippen molar-refractivity contribution in [2.75, 3.05) is 26.7 Å². The average Bonchev–Trinajstić information content (AvgIpc) is 2.97. The molecule has 1 N–H and O–H groups in total. The molecule has 0 spiro atoms. The number of benzene rings is 1. The maximum absolute atomic E-state index is 12.6. The van der Waals surface area contributed by atoms with Gasteiger partial charge >= 0.3 is 0 Å². The number of amides is 2. The number of nitrogens with zero attached hydrogens (tertiary/aromatic N) is 4. The number of likely N-dealkylation sites (N-methyl/N-ethyl adjacent to an activating group) is 2. The molecule has 0 saturated carbocycles. The van der Waals surface area contributed by atoms with Crippen molar-refractivity contribution in [1.82, 2.24) is 24.6 Å². The van der Waals surface area contributed by atoms with Gasteiger partial charge in [0.05, 0.1) is 6.54 Å². The van der Waals surface area contributed by atoms with Crippen molar-refractivity contribution in [3.63, 3.8) is 0 Å². The zero-order chi connectivity index (χ0) is 19.3. The molecule has 2 aromatic rings. The Morgan fingerprint density at radius 2 is 1.77 bits per heavy atom. The van der Waals surface area contributed by atoms with Crippen molar-refractivity contribution >= 4 is 24.0 Å². The summed E-state index contributed by atoms with van der Waals surface area (Å²) in [6.45, 7) is 7.17. The van der Waals surface area contributed by atoms with Crippen LogP contribution in [-0.4, -0.2) is 63.1 Å². The molecule has 1 heterocycles. The number of aromatic nitrogens is 3. The van der Waals surface area contributed by atoms with Gasteiger partial charge in [-0.05, 0) is 33.0 Å². The van der Waals surface area contributed by atoms with Gasteiger partial charge in [-0.1, -0.05) is 29.8 Å². The molecular formula is C18H25N5O2S. The van der Waals surface area contributed by atoms with Crippen molar-refractivity contribution in [2.24, 2.45) is 0 Å². The molecular weight excluding hydrogens is 350 g/mol. The average molecular weight is 375 g/mol. The Morgan fingerprint density at radius 1 is 1.15 bits per heavy atom. The fraction of sp³-hybridized carbons (Fsp3) is 0.444. The van der Waals surface area contributed by atoms with Crippen LogP contribution in [0, 0.1) is 11.7 Å². The van der Waals surface area contributed by atoms with Gasteiger partial charge < -0.3 is 9.80 Å². The van der Waals surface area contributed by atoms with E-state index in [1.54, 1.807) is 16.5 Å². The van der Waals surface area contributed by atoms with Gasteiger partial charge in [-0.15, -0.1) is 0 Å². The summed E-state index contributed by atoms with van der Waals surface area (Å²) >= 11 is 5.27. The Morgan fingerprint density at radius 3 is 2.35 bits per heavy atom. The summed E-state index contributed by atoms with van der Waals surface area (Å²) in [5, 5.41) is 6.99. The molecule has 0 bridgehead atoms. The SMILES string of the molecule is CCN(CC)C(=O)CN(C)C(=O)Cn1c(-c2ccc(C)cc2)n[nH]c1=S. The van der Waals surface area contributed by atoms with E-state index in [0.29, 0.717) is 23.7 Å². The van der Waals surface area contributed by atoms with E-state index in [1.165, 1.54) is 4.90 Å². The predicted molar refractivity (Wildman–Crippen MR) is 103 cm³/mol. The minimum Gasteiger partial charge on any atom is -0.342 e. The molecule has 0 saturated heterocycles. The van der Waals surface area contributed by atoms with Gasteiger partial charge in [0.15, 0.2) is 10.6 Å². The number of nitrogens with one attached hydrogen (secondary N) is 1. The summed E-state index contributed by atoms with van der Waals surface area (Å²) in [7, 11) is 1.62. The Labute approximate surface area is 158 Å². The number of carbonyl (C=O) groups excluding carboxylic acids is 2. The summed E-state index contributed by atoms with van der Waals surface area (Å²) in [5.74, 6) is 0.337. The zero-order valence-electron chi connectivity index (χ0n) is 15.7.